The molecular weight excluding hydrogens is 444 g/mol. The SMILES string of the molecule is CN(N)/C(=N\N)c1ccc(-n2c(=O)c3c(n4ncc(Cc5ccccc5)c24)CN(C=O)CC3)cc1. The molecule has 1 amide bonds. The molecule has 0 radical (unpaired) electrons. The molecule has 0 atom stereocenters. The lowest BCUT2D eigenvalue weighted by atomic mass is 10.0. The number of fused-ring (bicyclic) bond motifs is 3. The van der Waals surface area contributed by atoms with Crippen LogP contribution in [0.2, 0.25) is 0 Å². The molecule has 0 saturated heterocycles. The van der Waals surface area contributed by atoms with Gasteiger partial charge >= 0.3 is 0 Å². The summed E-state index contributed by atoms with van der Waals surface area (Å²) >= 11 is 0. The summed E-state index contributed by atoms with van der Waals surface area (Å²) in [5.41, 5.74) is 5.43. The quantitative estimate of drug-likeness (QED) is 0.147. The van der Waals surface area contributed by atoms with Crippen LogP contribution in [-0.2, 0) is 24.2 Å². The van der Waals surface area contributed by atoms with Gasteiger partial charge in [-0.25, -0.2) is 10.4 Å². The third-order valence-corrected chi connectivity index (χ3v) is 6.32. The monoisotopic (exact) mass is 470 g/mol. The van der Waals surface area contributed by atoms with Crippen molar-refractivity contribution in [2.75, 3.05) is 13.6 Å². The van der Waals surface area contributed by atoms with Crippen LogP contribution in [0, 0.1) is 0 Å². The van der Waals surface area contributed by atoms with E-state index in [-0.39, 0.29) is 5.56 Å². The van der Waals surface area contributed by atoms with E-state index in [1.807, 2.05) is 54.6 Å². The maximum absolute atomic E-state index is 13.9. The van der Waals surface area contributed by atoms with Gasteiger partial charge in [0.05, 0.1) is 24.1 Å². The van der Waals surface area contributed by atoms with E-state index in [0.717, 1.165) is 28.8 Å². The lowest BCUT2D eigenvalue weighted by Gasteiger charge is -2.26. The molecule has 0 aliphatic carbocycles. The van der Waals surface area contributed by atoms with E-state index in [0.29, 0.717) is 48.7 Å². The van der Waals surface area contributed by atoms with E-state index < -0.39 is 0 Å². The van der Waals surface area contributed by atoms with Crippen molar-refractivity contribution in [3.63, 3.8) is 0 Å². The number of nitrogens with zero attached hydrogens (tertiary/aromatic N) is 6. The molecule has 4 aromatic rings. The summed E-state index contributed by atoms with van der Waals surface area (Å²) < 4.78 is 3.51. The molecule has 10 nitrogen and oxygen atoms in total. The van der Waals surface area contributed by atoms with Gasteiger partial charge in [0.15, 0.2) is 5.84 Å². The average Bonchev–Trinajstić information content (AvgIpc) is 3.29. The second-order valence-corrected chi connectivity index (χ2v) is 8.57. The number of nitrogens with two attached hydrogens (primary N) is 2. The Morgan fingerprint density at radius 1 is 1.17 bits per heavy atom. The number of carbonyl (C=O) groups is 1. The molecule has 2 aromatic heterocycles. The van der Waals surface area contributed by atoms with E-state index in [1.54, 1.807) is 27.2 Å². The van der Waals surface area contributed by atoms with Crippen LogP contribution in [-0.4, -0.2) is 49.9 Å². The minimum absolute atomic E-state index is 0.107. The van der Waals surface area contributed by atoms with E-state index in [1.165, 1.54) is 5.01 Å². The minimum atomic E-state index is -0.107. The van der Waals surface area contributed by atoms with Crippen LogP contribution in [0.4, 0.5) is 0 Å². The lowest BCUT2D eigenvalue weighted by molar-refractivity contribution is -0.119. The Kier molecular flexibility index (Phi) is 5.79. The molecule has 3 heterocycles. The molecule has 35 heavy (non-hydrogen) atoms. The van der Waals surface area contributed by atoms with E-state index >= 15 is 0 Å². The van der Waals surface area contributed by atoms with Crippen molar-refractivity contribution < 1.29 is 4.79 Å². The number of rotatable bonds is 5. The standard InChI is InChI=1S/C25H26N8O2/c1-30(27)23(29-26)18-7-9-20(10-8-18)32-24-19(13-17-5-3-2-4-6-17)14-28-33(24)22-15-31(16-34)12-11-21(22)25(32)35/h2-10,14,16H,11-13,15,26-27H2,1H3/b29-23-. The van der Waals surface area contributed by atoms with E-state index in [2.05, 4.69) is 10.2 Å². The minimum Gasteiger partial charge on any atom is -0.339 e. The maximum atomic E-state index is 13.9. The Morgan fingerprint density at radius 3 is 2.57 bits per heavy atom. The predicted molar refractivity (Wildman–Crippen MR) is 133 cm³/mol. The Labute approximate surface area is 201 Å². The molecule has 0 fully saturated rings. The zero-order valence-corrected chi connectivity index (χ0v) is 19.3. The number of hydrogen-bond acceptors (Lipinski definition) is 6. The summed E-state index contributed by atoms with van der Waals surface area (Å²) in [6.07, 6.45) is 3.70. The van der Waals surface area contributed by atoms with Gasteiger partial charge in [0.1, 0.15) is 5.65 Å². The summed E-state index contributed by atoms with van der Waals surface area (Å²) in [6.45, 7) is 0.837. The van der Waals surface area contributed by atoms with Crippen molar-refractivity contribution in [3.05, 3.63) is 99.1 Å². The van der Waals surface area contributed by atoms with Gasteiger partial charge in [0, 0.05) is 36.7 Å². The molecule has 1 aliphatic rings. The van der Waals surface area contributed by atoms with Crippen LogP contribution in [0.25, 0.3) is 11.3 Å². The normalized spacial score (nSPS) is 13.7. The van der Waals surface area contributed by atoms with Gasteiger partial charge in [0.25, 0.3) is 5.56 Å². The van der Waals surface area contributed by atoms with Crippen LogP contribution < -0.4 is 17.2 Å². The van der Waals surface area contributed by atoms with Crippen LogP contribution in [0.15, 0.2) is 70.7 Å². The number of hydrazone groups is 1. The summed E-state index contributed by atoms with van der Waals surface area (Å²) in [7, 11) is 1.65. The lowest BCUT2D eigenvalue weighted by Crippen LogP contribution is -2.38. The van der Waals surface area contributed by atoms with Crippen molar-refractivity contribution in [2.24, 2.45) is 16.8 Å². The molecule has 10 heteroatoms. The molecule has 2 aromatic carbocycles. The highest BCUT2D eigenvalue weighted by molar-refractivity contribution is 5.98. The van der Waals surface area contributed by atoms with Gasteiger partial charge in [-0.15, -0.1) is 0 Å². The number of hydrogen-bond donors (Lipinski definition) is 2. The Bertz CT molecular complexity index is 1470. The number of hydrazine groups is 1. The van der Waals surface area contributed by atoms with Crippen molar-refractivity contribution in [1.29, 1.82) is 0 Å². The molecular formula is C25H26N8O2. The van der Waals surface area contributed by atoms with E-state index in [4.69, 9.17) is 11.7 Å². The fourth-order valence-electron chi connectivity index (χ4n) is 4.63. The fraction of sp³-hybridized carbons (Fsp3) is 0.200. The Balaban J connectivity index is 1.72. The summed E-state index contributed by atoms with van der Waals surface area (Å²) in [5.74, 6) is 11.8. The third-order valence-electron chi connectivity index (χ3n) is 6.32. The first kappa shape index (κ1) is 22.4. The molecule has 178 valence electrons. The van der Waals surface area contributed by atoms with Gasteiger partial charge < -0.3 is 10.7 Å². The van der Waals surface area contributed by atoms with Crippen LogP contribution in [0.1, 0.15) is 27.9 Å². The first-order valence-corrected chi connectivity index (χ1v) is 11.3. The highest BCUT2D eigenvalue weighted by atomic mass is 16.1. The van der Waals surface area contributed by atoms with E-state index in [9.17, 15) is 9.59 Å². The first-order chi connectivity index (χ1) is 17.0. The predicted octanol–water partition coefficient (Wildman–Crippen LogP) is 1.02. The highest BCUT2D eigenvalue weighted by Gasteiger charge is 2.26. The van der Waals surface area contributed by atoms with Crippen molar-refractivity contribution in [2.45, 2.75) is 19.4 Å². The first-order valence-electron chi connectivity index (χ1n) is 11.3. The topological polar surface area (TPSA) is 127 Å². The van der Waals surface area contributed by atoms with Crippen LogP contribution in [0.5, 0.6) is 0 Å². The molecule has 0 saturated carbocycles. The molecule has 0 spiro atoms. The maximum Gasteiger partial charge on any atom is 0.261 e. The third kappa shape index (κ3) is 3.93. The van der Waals surface area contributed by atoms with Gasteiger partial charge in [-0.2, -0.15) is 10.2 Å². The number of carbonyl (C=O) groups excluding carboxylic acids is 1. The van der Waals surface area contributed by atoms with Crippen molar-refractivity contribution >= 4 is 17.9 Å². The van der Waals surface area contributed by atoms with Gasteiger partial charge in [-0.1, -0.05) is 30.3 Å². The van der Waals surface area contributed by atoms with Crippen molar-refractivity contribution in [3.8, 4) is 5.69 Å². The number of benzene rings is 2. The Morgan fingerprint density at radius 2 is 1.91 bits per heavy atom. The smallest absolute Gasteiger partial charge is 0.261 e. The number of amidine groups is 1. The average molecular weight is 471 g/mol. The number of aromatic nitrogens is 3. The summed E-state index contributed by atoms with van der Waals surface area (Å²) in [4.78, 5) is 27.0. The summed E-state index contributed by atoms with van der Waals surface area (Å²) in [6, 6.07) is 17.4. The molecule has 5 rings (SSSR count). The second kappa shape index (κ2) is 9.07. The van der Waals surface area contributed by atoms with Crippen molar-refractivity contribution in [1.82, 2.24) is 24.1 Å². The molecule has 0 unspecified atom stereocenters. The van der Waals surface area contributed by atoms with Gasteiger partial charge in [-0.05, 0) is 36.2 Å². The summed E-state index contributed by atoms with van der Waals surface area (Å²) in [5, 5.41) is 9.76. The molecule has 0 bridgehead atoms. The number of amides is 1. The zero-order valence-electron chi connectivity index (χ0n) is 19.3. The van der Waals surface area contributed by atoms with Gasteiger partial charge in [-0.3, -0.25) is 19.2 Å². The van der Waals surface area contributed by atoms with Crippen LogP contribution in [0.3, 0.4) is 0 Å². The van der Waals surface area contributed by atoms with Crippen LogP contribution >= 0.6 is 0 Å². The second-order valence-electron chi connectivity index (χ2n) is 8.57. The molecule has 1 aliphatic heterocycles. The fourth-order valence-corrected chi connectivity index (χ4v) is 4.63. The highest BCUT2D eigenvalue weighted by Crippen LogP contribution is 2.24. The zero-order chi connectivity index (χ0) is 24.5. The molecule has 4 N–H and O–H groups in total. The largest absolute Gasteiger partial charge is 0.339 e. The van der Waals surface area contributed by atoms with Gasteiger partial charge in [0.2, 0.25) is 6.41 Å². The Hall–Kier alpha value is -4.44.